The summed E-state index contributed by atoms with van der Waals surface area (Å²) < 4.78 is 0. The van der Waals surface area contributed by atoms with Gasteiger partial charge in [0.2, 0.25) is 0 Å². The molecule has 0 amide bonds. The molecule has 74 valence electrons. The number of aryl methyl sites for hydroxylation is 1. The number of nitro benzene ring substituents is 1. The van der Waals surface area contributed by atoms with Gasteiger partial charge in [-0.25, -0.2) is 0 Å². The molecule has 0 aromatic heterocycles. The maximum absolute atomic E-state index is 10.8. The lowest BCUT2D eigenvalue weighted by atomic mass is 9.79. The van der Waals surface area contributed by atoms with E-state index in [4.69, 9.17) is 0 Å². The minimum atomic E-state index is -0.263. The second-order valence-electron chi connectivity index (χ2n) is 3.95. The van der Waals surface area contributed by atoms with E-state index in [1.807, 2.05) is 19.1 Å². The average Bonchev–Trinajstić information content (AvgIpc) is 2.04. The van der Waals surface area contributed by atoms with Crippen LogP contribution in [0.2, 0.25) is 0 Å². The van der Waals surface area contributed by atoms with Crippen LogP contribution in [-0.2, 0) is 0 Å². The summed E-state index contributed by atoms with van der Waals surface area (Å²) in [7, 11) is 0. The highest BCUT2D eigenvalue weighted by Crippen LogP contribution is 2.40. The Bertz CT molecular complexity index is 370. The number of hydrogen-bond acceptors (Lipinski definition) is 2. The third-order valence-corrected chi connectivity index (χ3v) is 2.93. The molecule has 0 unspecified atom stereocenters. The van der Waals surface area contributed by atoms with Crippen LogP contribution in [-0.4, -0.2) is 4.92 Å². The molecule has 1 fully saturated rings. The molecule has 3 heteroatoms. The summed E-state index contributed by atoms with van der Waals surface area (Å²) in [4.78, 5) is 10.6. The molecule has 3 nitrogen and oxygen atoms in total. The summed E-state index contributed by atoms with van der Waals surface area (Å²) in [5.41, 5.74) is 2.18. The second kappa shape index (κ2) is 3.40. The predicted octanol–water partition coefficient (Wildman–Crippen LogP) is 3.17. The summed E-state index contributed by atoms with van der Waals surface area (Å²) in [6.45, 7) is 1.89. The highest BCUT2D eigenvalue weighted by atomic mass is 16.6. The molecule has 0 aliphatic heterocycles. The molecule has 0 atom stereocenters. The van der Waals surface area contributed by atoms with Crippen LogP contribution in [0, 0.1) is 17.0 Å². The normalized spacial score (nSPS) is 16.4. The monoisotopic (exact) mass is 191 g/mol. The minimum absolute atomic E-state index is 0.263. The maximum atomic E-state index is 10.8. The van der Waals surface area contributed by atoms with E-state index in [2.05, 4.69) is 0 Å². The molecule has 2 rings (SSSR count). The zero-order chi connectivity index (χ0) is 10.1. The molecule has 0 bridgehead atoms. The van der Waals surface area contributed by atoms with E-state index in [0.717, 1.165) is 24.0 Å². The Balaban J connectivity index is 2.41. The van der Waals surface area contributed by atoms with Crippen LogP contribution in [0.25, 0.3) is 0 Å². The Labute approximate surface area is 82.9 Å². The summed E-state index contributed by atoms with van der Waals surface area (Å²) in [6.07, 6.45) is 3.41. The smallest absolute Gasteiger partial charge is 0.258 e. The lowest BCUT2D eigenvalue weighted by molar-refractivity contribution is -0.385. The van der Waals surface area contributed by atoms with Crippen LogP contribution in [0.1, 0.15) is 36.3 Å². The number of hydrogen-bond donors (Lipinski definition) is 0. The Kier molecular flexibility index (Phi) is 2.23. The van der Waals surface area contributed by atoms with E-state index in [0.29, 0.717) is 11.6 Å². The van der Waals surface area contributed by atoms with Gasteiger partial charge in [0.15, 0.2) is 0 Å². The van der Waals surface area contributed by atoms with Crippen molar-refractivity contribution in [1.82, 2.24) is 0 Å². The van der Waals surface area contributed by atoms with Gasteiger partial charge in [0.1, 0.15) is 0 Å². The standard InChI is InChI=1S/C11H13NO2/c1-8-5-6-10(9-3-2-4-9)11(7-8)12(13)14/h5-7,9H,2-4H2,1H3. The van der Waals surface area contributed by atoms with Gasteiger partial charge in [0.05, 0.1) is 4.92 Å². The van der Waals surface area contributed by atoms with Crippen molar-refractivity contribution < 1.29 is 4.92 Å². The number of benzene rings is 1. The van der Waals surface area contributed by atoms with Crippen molar-refractivity contribution in [2.75, 3.05) is 0 Å². The van der Waals surface area contributed by atoms with E-state index < -0.39 is 0 Å². The topological polar surface area (TPSA) is 43.1 Å². The molecule has 0 N–H and O–H groups in total. The SMILES string of the molecule is Cc1ccc(C2CCC2)c([N+](=O)[O-])c1. The summed E-state index contributed by atoms with van der Waals surface area (Å²) in [6, 6.07) is 5.55. The van der Waals surface area contributed by atoms with E-state index in [1.54, 1.807) is 6.07 Å². The Morgan fingerprint density at radius 3 is 2.64 bits per heavy atom. The first kappa shape index (κ1) is 9.19. The predicted molar refractivity (Wildman–Crippen MR) is 54.4 cm³/mol. The van der Waals surface area contributed by atoms with Gasteiger partial charge in [0.25, 0.3) is 5.69 Å². The third kappa shape index (κ3) is 1.50. The van der Waals surface area contributed by atoms with Crippen LogP contribution >= 0.6 is 0 Å². The van der Waals surface area contributed by atoms with Gasteiger partial charge in [-0.1, -0.05) is 18.6 Å². The molecular weight excluding hydrogens is 178 g/mol. The average molecular weight is 191 g/mol. The van der Waals surface area contributed by atoms with Crippen LogP contribution in [0.15, 0.2) is 18.2 Å². The van der Waals surface area contributed by atoms with Gasteiger partial charge in [-0.15, -0.1) is 0 Å². The van der Waals surface area contributed by atoms with E-state index in [1.165, 1.54) is 6.42 Å². The van der Waals surface area contributed by atoms with Crippen molar-refractivity contribution in [2.24, 2.45) is 0 Å². The van der Waals surface area contributed by atoms with Crippen LogP contribution in [0.5, 0.6) is 0 Å². The lowest BCUT2D eigenvalue weighted by Gasteiger charge is -2.25. The number of nitrogens with zero attached hydrogens (tertiary/aromatic N) is 1. The second-order valence-corrected chi connectivity index (χ2v) is 3.95. The van der Waals surface area contributed by atoms with Gasteiger partial charge in [-0.2, -0.15) is 0 Å². The fourth-order valence-corrected chi connectivity index (χ4v) is 1.88. The summed E-state index contributed by atoms with van der Waals surface area (Å²) in [5.74, 6) is 0.427. The fraction of sp³-hybridized carbons (Fsp3) is 0.455. The van der Waals surface area contributed by atoms with Gasteiger partial charge in [-0.3, -0.25) is 10.1 Å². The Hall–Kier alpha value is -1.38. The van der Waals surface area contributed by atoms with Crippen molar-refractivity contribution in [3.63, 3.8) is 0 Å². The van der Waals surface area contributed by atoms with Crippen LogP contribution < -0.4 is 0 Å². The highest BCUT2D eigenvalue weighted by molar-refractivity contribution is 5.45. The zero-order valence-electron chi connectivity index (χ0n) is 8.19. The molecule has 14 heavy (non-hydrogen) atoms. The zero-order valence-corrected chi connectivity index (χ0v) is 8.19. The van der Waals surface area contributed by atoms with E-state index >= 15 is 0 Å². The largest absolute Gasteiger partial charge is 0.273 e. The van der Waals surface area contributed by atoms with E-state index in [-0.39, 0.29) is 4.92 Å². The van der Waals surface area contributed by atoms with Gasteiger partial charge < -0.3 is 0 Å². The lowest BCUT2D eigenvalue weighted by Crippen LogP contribution is -2.11. The summed E-state index contributed by atoms with van der Waals surface area (Å²) in [5, 5.41) is 10.8. The first-order valence-corrected chi connectivity index (χ1v) is 4.93. The van der Waals surface area contributed by atoms with Crippen molar-refractivity contribution >= 4 is 5.69 Å². The Morgan fingerprint density at radius 1 is 1.43 bits per heavy atom. The molecule has 1 aromatic carbocycles. The molecule has 1 saturated carbocycles. The molecule has 0 spiro atoms. The quantitative estimate of drug-likeness (QED) is 0.532. The maximum Gasteiger partial charge on any atom is 0.273 e. The highest BCUT2D eigenvalue weighted by Gasteiger charge is 2.26. The van der Waals surface area contributed by atoms with Crippen molar-refractivity contribution in [3.05, 3.63) is 39.4 Å². The fourth-order valence-electron chi connectivity index (χ4n) is 1.88. The minimum Gasteiger partial charge on any atom is -0.258 e. The van der Waals surface area contributed by atoms with Crippen molar-refractivity contribution in [1.29, 1.82) is 0 Å². The van der Waals surface area contributed by atoms with Crippen molar-refractivity contribution in [2.45, 2.75) is 32.1 Å². The molecule has 1 aromatic rings. The first-order valence-electron chi connectivity index (χ1n) is 4.93. The Morgan fingerprint density at radius 2 is 2.14 bits per heavy atom. The van der Waals surface area contributed by atoms with Gasteiger partial charge in [0, 0.05) is 11.6 Å². The first-order chi connectivity index (χ1) is 6.68. The molecule has 0 heterocycles. The third-order valence-electron chi connectivity index (χ3n) is 2.93. The molecular formula is C11H13NO2. The van der Waals surface area contributed by atoms with Crippen LogP contribution in [0.3, 0.4) is 0 Å². The van der Waals surface area contributed by atoms with Crippen LogP contribution in [0.4, 0.5) is 5.69 Å². The van der Waals surface area contributed by atoms with E-state index in [9.17, 15) is 10.1 Å². The molecule has 1 aliphatic rings. The molecule has 0 radical (unpaired) electrons. The number of nitro groups is 1. The molecule has 1 aliphatic carbocycles. The summed E-state index contributed by atoms with van der Waals surface area (Å²) >= 11 is 0. The number of rotatable bonds is 2. The molecule has 0 saturated heterocycles. The van der Waals surface area contributed by atoms with Gasteiger partial charge in [-0.05, 0) is 31.2 Å². The van der Waals surface area contributed by atoms with Crippen molar-refractivity contribution in [3.8, 4) is 0 Å². The van der Waals surface area contributed by atoms with Gasteiger partial charge >= 0.3 is 0 Å².